The quantitative estimate of drug-likeness (QED) is 0.848. The van der Waals surface area contributed by atoms with Gasteiger partial charge in [0.15, 0.2) is 5.69 Å². The van der Waals surface area contributed by atoms with Crippen LogP contribution in [0, 0.1) is 0 Å². The number of nitrogens with one attached hydrogen (secondary N) is 1. The minimum Gasteiger partial charge on any atom is -0.316 e. The van der Waals surface area contributed by atoms with E-state index in [1.807, 2.05) is 0 Å². The highest BCUT2D eigenvalue weighted by Crippen LogP contribution is 2.31. The second-order valence-electron chi connectivity index (χ2n) is 3.60. The largest absolute Gasteiger partial charge is 0.435 e. The van der Waals surface area contributed by atoms with Gasteiger partial charge in [0.2, 0.25) is 0 Å². The molecule has 15 heavy (non-hydrogen) atoms. The van der Waals surface area contributed by atoms with Gasteiger partial charge < -0.3 is 5.32 Å². The maximum absolute atomic E-state index is 12.5. The molecule has 1 N–H and O–H groups in total. The molecule has 1 heterocycles. The molecule has 3 nitrogen and oxygen atoms in total. The topological polar surface area (TPSA) is 29.9 Å². The lowest BCUT2D eigenvalue weighted by atomic mass is 10.2. The van der Waals surface area contributed by atoms with Crippen molar-refractivity contribution in [3.63, 3.8) is 0 Å². The van der Waals surface area contributed by atoms with E-state index in [0.29, 0.717) is 0 Å². The summed E-state index contributed by atoms with van der Waals surface area (Å²) in [7, 11) is 1.60. The Hall–Kier alpha value is -1.04. The van der Waals surface area contributed by atoms with Crippen LogP contribution in [0.3, 0.4) is 0 Å². The highest BCUT2D eigenvalue weighted by Gasteiger charge is 2.37. The summed E-state index contributed by atoms with van der Waals surface area (Å²) in [5.74, 6) is 0. The molecule has 0 spiro atoms. The van der Waals surface area contributed by atoms with E-state index < -0.39 is 11.9 Å². The zero-order chi connectivity index (χ0) is 11.6. The first-order valence-corrected chi connectivity index (χ1v) is 4.66. The van der Waals surface area contributed by atoms with E-state index in [-0.39, 0.29) is 18.2 Å². The number of rotatable bonds is 3. The van der Waals surface area contributed by atoms with Gasteiger partial charge in [0, 0.05) is 24.3 Å². The fraction of sp³-hybridized carbons (Fsp3) is 0.667. The molecule has 0 amide bonds. The van der Waals surface area contributed by atoms with Crippen molar-refractivity contribution in [1.29, 1.82) is 0 Å². The minimum atomic E-state index is -4.38. The summed E-state index contributed by atoms with van der Waals surface area (Å²) in [4.78, 5) is 0. The van der Waals surface area contributed by atoms with E-state index in [0.717, 1.165) is 0 Å². The molecule has 86 valence electrons. The molecule has 0 saturated heterocycles. The molecule has 0 aliphatic rings. The number of halogens is 3. The van der Waals surface area contributed by atoms with Crippen LogP contribution in [0.25, 0.3) is 0 Å². The van der Waals surface area contributed by atoms with E-state index in [9.17, 15) is 13.2 Å². The van der Waals surface area contributed by atoms with Crippen LogP contribution < -0.4 is 5.32 Å². The van der Waals surface area contributed by atoms with Crippen LogP contribution in [-0.4, -0.2) is 16.8 Å². The first kappa shape index (κ1) is 12.0. The van der Waals surface area contributed by atoms with Crippen molar-refractivity contribution in [3.05, 3.63) is 17.5 Å². The van der Waals surface area contributed by atoms with Gasteiger partial charge >= 0.3 is 6.18 Å². The lowest BCUT2D eigenvalue weighted by Crippen LogP contribution is -2.13. The Balaban J connectivity index is 3.12. The van der Waals surface area contributed by atoms with Crippen LogP contribution in [-0.2, 0) is 12.7 Å². The first-order valence-electron chi connectivity index (χ1n) is 4.66. The van der Waals surface area contributed by atoms with Gasteiger partial charge in [-0.25, -0.2) is 0 Å². The molecule has 0 atom stereocenters. The standard InChI is InChI=1S/C9H14F3N3/c1-6(2)15-5-7(4-13-3)8(14-15)9(10,11)12/h5-6,13H,4H2,1-3H3. The smallest absolute Gasteiger partial charge is 0.316 e. The molecular formula is C9H14F3N3. The Labute approximate surface area is 86.3 Å². The van der Waals surface area contributed by atoms with Crippen molar-refractivity contribution in [2.24, 2.45) is 0 Å². The van der Waals surface area contributed by atoms with Crippen LogP contribution in [0.2, 0.25) is 0 Å². The molecule has 0 radical (unpaired) electrons. The van der Waals surface area contributed by atoms with Gasteiger partial charge in [-0.15, -0.1) is 0 Å². The van der Waals surface area contributed by atoms with Crippen molar-refractivity contribution in [3.8, 4) is 0 Å². The van der Waals surface area contributed by atoms with Crippen LogP contribution in [0.4, 0.5) is 13.2 Å². The molecule has 0 aliphatic carbocycles. The lowest BCUT2D eigenvalue weighted by molar-refractivity contribution is -0.142. The monoisotopic (exact) mass is 221 g/mol. The van der Waals surface area contributed by atoms with Crippen molar-refractivity contribution in [2.75, 3.05) is 7.05 Å². The molecule has 0 fully saturated rings. The molecule has 0 aromatic carbocycles. The van der Waals surface area contributed by atoms with Gasteiger partial charge in [0.05, 0.1) is 0 Å². The third kappa shape index (κ3) is 2.71. The van der Waals surface area contributed by atoms with E-state index in [1.54, 1.807) is 20.9 Å². The molecule has 0 saturated carbocycles. The second kappa shape index (κ2) is 4.22. The maximum Gasteiger partial charge on any atom is 0.435 e. The number of aromatic nitrogens is 2. The van der Waals surface area contributed by atoms with Crippen molar-refractivity contribution in [2.45, 2.75) is 32.6 Å². The predicted molar refractivity (Wildman–Crippen MR) is 50.4 cm³/mol. The van der Waals surface area contributed by atoms with Crippen LogP contribution >= 0.6 is 0 Å². The van der Waals surface area contributed by atoms with Crippen molar-refractivity contribution < 1.29 is 13.2 Å². The summed E-state index contributed by atoms with van der Waals surface area (Å²) in [6, 6.07) is -0.0725. The third-order valence-corrected chi connectivity index (χ3v) is 1.97. The average molecular weight is 221 g/mol. The summed E-state index contributed by atoms with van der Waals surface area (Å²) < 4.78 is 39.0. The number of hydrogen-bond donors (Lipinski definition) is 1. The van der Waals surface area contributed by atoms with Crippen LogP contribution in [0.15, 0.2) is 6.20 Å². The molecule has 1 aromatic rings. The Morgan fingerprint density at radius 2 is 2.07 bits per heavy atom. The summed E-state index contributed by atoms with van der Waals surface area (Å²) >= 11 is 0. The van der Waals surface area contributed by atoms with E-state index in [2.05, 4.69) is 10.4 Å². The molecule has 0 unspecified atom stereocenters. The molecule has 6 heteroatoms. The maximum atomic E-state index is 12.5. The Morgan fingerprint density at radius 3 is 2.47 bits per heavy atom. The van der Waals surface area contributed by atoms with Gasteiger partial charge in [-0.05, 0) is 20.9 Å². The summed E-state index contributed by atoms with van der Waals surface area (Å²) in [5.41, 5.74) is -0.621. The third-order valence-electron chi connectivity index (χ3n) is 1.97. The highest BCUT2D eigenvalue weighted by atomic mass is 19.4. The Bertz CT molecular complexity index is 328. The molecule has 1 rings (SSSR count). The van der Waals surface area contributed by atoms with E-state index >= 15 is 0 Å². The zero-order valence-electron chi connectivity index (χ0n) is 8.89. The number of nitrogens with zero attached hydrogens (tertiary/aromatic N) is 2. The Morgan fingerprint density at radius 1 is 1.47 bits per heavy atom. The number of hydrogen-bond acceptors (Lipinski definition) is 2. The second-order valence-corrected chi connectivity index (χ2v) is 3.60. The van der Waals surface area contributed by atoms with Gasteiger partial charge in [0.25, 0.3) is 0 Å². The molecular weight excluding hydrogens is 207 g/mol. The number of alkyl halides is 3. The summed E-state index contributed by atoms with van der Waals surface area (Å²) in [5, 5.41) is 6.25. The van der Waals surface area contributed by atoms with Gasteiger partial charge in [-0.2, -0.15) is 18.3 Å². The fourth-order valence-electron chi connectivity index (χ4n) is 1.25. The summed E-state index contributed by atoms with van der Waals surface area (Å²) in [6.45, 7) is 3.74. The van der Waals surface area contributed by atoms with E-state index in [1.165, 1.54) is 10.9 Å². The fourth-order valence-corrected chi connectivity index (χ4v) is 1.25. The van der Waals surface area contributed by atoms with E-state index in [4.69, 9.17) is 0 Å². The minimum absolute atomic E-state index is 0.0725. The summed E-state index contributed by atoms with van der Waals surface area (Å²) in [6.07, 6.45) is -2.95. The zero-order valence-corrected chi connectivity index (χ0v) is 8.89. The van der Waals surface area contributed by atoms with Crippen LogP contribution in [0.1, 0.15) is 31.1 Å². The lowest BCUT2D eigenvalue weighted by Gasteiger charge is -2.05. The Kier molecular flexibility index (Phi) is 3.38. The SMILES string of the molecule is CNCc1cn(C(C)C)nc1C(F)(F)F. The van der Waals surface area contributed by atoms with Gasteiger partial charge in [-0.1, -0.05) is 0 Å². The van der Waals surface area contributed by atoms with Crippen molar-refractivity contribution in [1.82, 2.24) is 15.1 Å². The first-order chi connectivity index (χ1) is 6.86. The van der Waals surface area contributed by atoms with Gasteiger partial charge in [0.1, 0.15) is 0 Å². The normalized spacial score (nSPS) is 12.5. The molecule has 0 aliphatic heterocycles. The van der Waals surface area contributed by atoms with Crippen LogP contribution in [0.5, 0.6) is 0 Å². The molecule has 1 aromatic heterocycles. The van der Waals surface area contributed by atoms with Crippen molar-refractivity contribution >= 4 is 0 Å². The predicted octanol–water partition coefficient (Wildman–Crippen LogP) is 2.20. The highest BCUT2D eigenvalue weighted by molar-refractivity contribution is 5.20. The van der Waals surface area contributed by atoms with Gasteiger partial charge in [-0.3, -0.25) is 4.68 Å². The average Bonchev–Trinajstić information content (AvgIpc) is 2.48. The molecule has 0 bridgehead atoms.